The zero-order valence-corrected chi connectivity index (χ0v) is 14.4. The molecule has 0 saturated heterocycles. The van der Waals surface area contributed by atoms with Crippen LogP contribution in [0.25, 0.3) is 0 Å². The van der Waals surface area contributed by atoms with Crippen LogP contribution in [0.3, 0.4) is 0 Å². The van der Waals surface area contributed by atoms with Gasteiger partial charge in [-0.1, -0.05) is 12.1 Å². The molecular weight excluding hydrogens is 318 g/mol. The van der Waals surface area contributed by atoms with Crippen LogP contribution in [0.15, 0.2) is 60.2 Å². The van der Waals surface area contributed by atoms with Crippen LogP contribution in [0.1, 0.15) is 22.3 Å². The topological polar surface area (TPSA) is 30.3 Å². The van der Waals surface area contributed by atoms with Crippen molar-refractivity contribution in [1.82, 2.24) is 14.5 Å². The number of aromatic nitrogens is 2. The van der Waals surface area contributed by atoms with E-state index in [1.54, 1.807) is 0 Å². The van der Waals surface area contributed by atoms with Crippen molar-refractivity contribution in [3.05, 3.63) is 76.5 Å². The molecule has 0 fully saturated rings. The van der Waals surface area contributed by atoms with Gasteiger partial charge >= 0.3 is 0 Å². The minimum absolute atomic E-state index is 0.354. The first-order valence-electron chi connectivity index (χ1n) is 8.26. The molecule has 1 aliphatic rings. The molecule has 1 aliphatic heterocycles. The van der Waals surface area contributed by atoms with Crippen molar-refractivity contribution in [3.8, 4) is 0 Å². The van der Waals surface area contributed by atoms with E-state index in [9.17, 15) is 0 Å². The lowest BCUT2D eigenvalue weighted by Crippen LogP contribution is -2.38. The van der Waals surface area contributed by atoms with Crippen LogP contribution < -0.4 is 0 Å². The third-order valence-corrected chi connectivity index (χ3v) is 5.22. The Balaban J connectivity index is 1.40. The minimum Gasteiger partial charge on any atom is -0.373 e. The predicted octanol–water partition coefficient (Wildman–Crippen LogP) is 3.72. The van der Waals surface area contributed by atoms with Crippen molar-refractivity contribution >= 4 is 11.3 Å². The Morgan fingerprint density at radius 3 is 3.00 bits per heavy atom. The fourth-order valence-electron chi connectivity index (χ4n) is 3.26. The summed E-state index contributed by atoms with van der Waals surface area (Å²) in [5, 5.41) is 2.15. The van der Waals surface area contributed by atoms with E-state index in [2.05, 4.69) is 50.3 Å². The van der Waals surface area contributed by atoms with Crippen molar-refractivity contribution in [3.63, 3.8) is 0 Å². The van der Waals surface area contributed by atoms with Crippen LogP contribution in [0.4, 0.5) is 0 Å². The highest BCUT2D eigenvalue weighted by atomic mass is 32.1. The molecule has 4 nitrogen and oxygen atoms in total. The second-order valence-corrected chi connectivity index (χ2v) is 7.18. The zero-order valence-electron chi connectivity index (χ0n) is 13.5. The van der Waals surface area contributed by atoms with Crippen LogP contribution >= 0.6 is 11.3 Å². The summed E-state index contributed by atoms with van der Waals surface area (Å²) in [4.78, 5) is 8.25. The Hall–Kier alpha value is -1.95. The van der Waals surface area contributed by atoms with Gasteiger partial charge in [0, 0.05) is 42.6 Å². The highest BCUT2D eigenvalue weighted by Gasteiger charge is 2.24. The van der Waals surface area contributed by atoms with Crippen LogP contribution in [0.2, 0.25) is 0 Å². The van der Waals surface area contributed by atoms with E-state index in [0.29, 0.717) is 19.3 Å². The number of pyridine rings is 1. The van der Waals surface area contributed by atoms with E-state index in [0.717, 1.165) is 25.3 Å². The van der Waals surface area contributed by atoms with Gasteiger partial charge in [0.2, 0.25) is 0 Å². The summed E-state index contributed by atoms with van der Waals surface area (Å²) in [6, 6.07) is 15.0. The first-order valence-corrected chi connectivity index (χ1v) is 9.14. The maximum absolute atomic E-state index is 5.96. The van der Waals surface area contributed by atoms with E-state index in [-0.39, 0.29) is 0 Å². The van der Waals surface area contributed by atoms with Crippen molar-refractivity contribution in [1.29, 1.82) is 0 Å². The lowest BCUT2D eigenvalue weighted by molar-refractivity contribution is 0.0576. The van der Waals surface area contributed by atoms with Gasteiger partial charge in [-0.2, -0.15) is 0 Å². The molecule has 0 aliphatic carbocycles. The maximum Gasteiger partial charge on any atom is 0.0888 e. The van der Waals surface area contributed by atoms with Gasteiger partial charge in [0.05, 0.1) is 24.9 Å². The molecule has 0 unspecified atom stereocenters. The molecule has 1 atom stereocenters. The molecule has 5 heteroatoms. The molecule has 3 aromatic heterocycles. The maximum atomic E-state index is 5.96. The van der Waals surface area contributed by atoms with Crippen molar-refractivity contribution in [2.75, 3.05) is 13.2 Å². The van der Waals surface area contributed by atoms with Gasteiger partial charge in [-0.3, -0.25) is 9.88 Å². The lowest BCUT2D eigenvalue weighted by Gasteiger charge is -2.34. The lowest BCUT2D eigenvalue weighted by atomic mass is 10.2. The summed E-state index contributed by atoms with van der Waals surface area (Å²) in [5.41, 5.74) is 2.35. The third-order valence-electron chi connectivity index (χ3n) is 4.36. The standard InChI is InChI=1S/C19H21N3OS/c1-2-8-20-16(5-1)14-23-15-18-12-21(13-19-7-4-10-24-19)11-17-6-3-9-22(17)18/h1-10,18H,11-15H2/t18-/m0/s1. The van der Waals surface area contributed by atoms with Gasteiger partial charge in [0.15, 0.2) is 0 Å². The molecule has 3 aromatic rings. The Labute approximate surface area is 146 Å². The molecule has 0 aromatic carbocycles. The molecule has 4 heterocycles. The Kier molecular flexibility index (Phi) is 4.74. The van der Waals surface area contributed by atoms with Gasteiger partial charge in [-0.15, -0.1) is 11.3 Å². The molecule has 4 rings (SSSR count). The molecule has 124 valence electrons. The number of ether oxygens (including phenoxy) is 1. The summed E-state index contributed by atoms with van der Waals surface area (Å²) in [6.07, 6.45) is 3.98. The Bertz CT molecular complexity index is 754. The first-order chi connectivity index (χ1) is 11.9. The molecule has 0 saturated carbocycles. The van der Waals surface area contributed by atoms with Crippen molar-refractivity contribution in [2.24, 2.45) is 0 Å². The largest absolute Gasteiger partial charge is 0.373 e. The molecule has 0 amide bonds. The van der Waals surface area contributed by atoms with E-state index in [1.807, 2.05) is 35.7 Å². The highest BCUT2D eigenvalue weighted by molar-refractivity contribution is 7.09. The Morgan fingerprint density at radius 2 is 2.17 bits per heavy atom. The van der Waals surface area contributed by atoms with E-state index in [4.69, 9.17) is 4.74 Å². The molecule has 0 bridgehead atoms. The van der Waals surface area contributed by atoms with E-state index in [1.165, 1.54) is 10.6 Å². The number of fused-ring (bicyclic) bond motifs is 1. The minimum atomic E-state index is 0.354. The van der Waals surface area contributed by atoms with Crippen LogP contribution in [0.5, 0.6) is 0 Å². The third kappa shape index (κ3) is 3.59. The number of hydrogen-bond donors (Lipinski definition) is 0. The normalized spacial score (nSPS) is 17.8. The summed E-state index contributed by atoms with van der Waals surface area (Å²) in [7, 11) is 0. The predicted molar refractivity (Wildman–Crippen MR) is 95.8 cm³/mol. The van der Waals surface area contributed by atoms with Crippen molar-refractivity contribution in [2.45, 2.75) is 25.7 Å². The fourth-order valence-corrected chi connectivity index (χ4v) is 4.00. The summed E-state index contributed by atoms with van der Waals surface area (Å²) < 4.78 is 8.33. The summed E-state index contributed by atoms with van der Waals surface area (Å²) in [5.74, 6) is 0. The molecule has 0 spiro atoms. The van der Waals surface area contributed by atoms with Crippen molar-refractivity contribution < 1.29 is 4.74 Å². The SMILES string of the molecule is c1ccc(COC[C@@H]2CN(Cc3cccs3)Cc3cccn32)nc1. The van der Waals surface area contributed by atoms with Crippen LogP contribution in [-0.2, 0) is 24.4 Å². The van der Waals surface area contributed by atoms with Crippen LogP contribution in [0, 0.1) is 0 Å². The summed E-state index contributed by atoms with van der Waals surface area (Å²) in [6.45, 7) is 4.31. The molecule has 0 radical (unpaired) electrons. The van der Waals surface area contributed by atoms with Gasteiger partial charge in [0.25, 0.3) is 0 Å². The quantitative estimate of drug-likeness (QED) is 0.686. The number of thiophene rings is 1. The van der Waals surface area contributed by atoms with Crippen LogP contribution in [-0.4, -0.2) is 27.6 Å². The second kappa shape index (κ2) is 7.30. The van der Waals surface area contributed by atoms with Gasteiger partial charge in [-0.05, 0) is 35.7 Å². The van der Waals surface area contributed by atoms with E-state index >= 15 is 0 Å². The molecular formula is C19H21N3OS. The first kappa shape index (κ1) is 15.6. The van der Waals surface area contributed by atoms with Gasteiger partial charge in [-0.25, -0.2) is 0 Å². The van der Waals surface area contributed by atoms with Gasteiger partial charge < -0.3 is 9.30 Å². The number of hydrogen-bond acceptors (Lipinski definition) is 4. The highest BCUT2D eigenvalue weighted by Crippen LogP contribution is 2.25. The van der Waals surface area contributed by atoms with Gasteiger partial charge in [0.1, 0.15) is 0 Å². The number of rotatable bonds is 6. The van der Waals surface area contributed by atoms with E-state index < -0.39 is 0 Å². The molecule has 24 heavy (non-hydrogen) atoms. The average Bonchev–Trinajstić information content (AvgIpc) is 3.27. The summed E-state index contributed by atoms with van der Waals surface area (Å²) >= 11 is 1.83. The average molecular weight is 339 g/mol. The smallest absolute Gasteiger partial charge is 0.0888 e. The fraction of sp³-hybridized carbons (Fsp3) is 0.316. The monoisotopic (exact) mass is 339 g/mol. The number of nitrogens with zero attached hydrogens (tertiary/aromatic N) is 3. The second-order valence-electron chi connectivity index (χ2n) is 6.15. The Morgan fingerprint density at radius 1 is 1.17 bits per heavy atom. The molecule has 0 N–H and O–H groups in total. The zero-order chi connectivity index (χ0) is 16.2.